The number of hydrogen-bond acceptors (Lipinski definition) is 2. The van der Waals surface area contributed by atoms with Gasteiger partial charge in [-0.1, -0.05) is 42.5 Å². The highest BCUT2D eigenvalue weighted by Crippen LogP contribution is 2.29. The Bertz CT molecular complexity index is 714. The Morgan fingerprint density at radius 1 is 0.889 bits per heavy atom. The maximum atomic E-state index is 11.1. The summed E-state index contributed by atoms with van der Waals surface area (Å²) in [5, 5.41) is 2.19. The Hall–Kier alpha value is -2.48. The molecule has 1 aromatic heterocycles. The van der Waals surface area contributed by atoms with Gasteiger partial charge in [0.1, 0.15) is 0 Å². The lowest BCUT2D eigenvalue weighted by Gasteiger charge is -2.08. The van der Waals surface area contributed by atoms with Gasteiger partial charge in [-0.15, -0.1) is 0 Å². The first-order chi connectivity index (χ1) is 8.90. The van der Waals surface area contributed by atoms with Crippen LogP contribution in [-0.4, -0.2) is 11.3 Å². The highest BCUT2D eigenvalue weighted by atomic mass is 16.1. The molecule has 1 heterocycles. The van der Waals surface area contributed by atoms with Crippen molar-refractivity contribution >= 4 is 17.1 Å². The second kappa shape index (κ2) is 4.41. The van der Waals surface area contributed by atoms with Crippen LogP contribution in [0.25, 0.3) is 21.9 Å². The van der Waals surface area contributed by atoms with E-state index in [4.69, 9.17) is 0 Å². The monoisotopic (exact) mass is 233 g/mol. The third kappa shape index (κ3) is 1.68. The number of nitrogens with zero attached hydrogens (tertiary/aromatic N) is 1. The van der Waals surface area contributed by atoms with Crippen LogP contribution in [0.15, 0.2) is 60.9 Å². The zero-order valence-electron chi connectivity index (χ0n) is 9.71. The van der Waals surface area contributed by atoms with Gasteiger partial charge < -0.3 is 0 Å². The molecule has 0 aliphatic rings. The van der Waals surface area contributed by atoms with Gasteiger partial charge in [-0.25, -0.2) is 0 Å². The first kappa shape index (κ1) is 10.7. The normalized spacial score (nSPS) is 10.4. The summed E-state index contributed by atoms with van der Waals surface area (Å²) in [5.41, 5.74) is 2.74. The molecule has 0 amide bonds. The zero-order valence-corrected chi connectivity index (χ0v) is 9.71. The van der Waals surface area contributed by atoms with Crippen LogP contribution in [0.1, 0.15) is 10.4 Å². The summed E-state index contributed by atoms with van der Waals surface area (Å²) in [6.45, 7) is 0. The van der Waals surface area contributed by atoms with Crippen molar-refractivity contribution in [3.05, 3.63) is 66.5 Å². The number of aromatic nitrogens is 1. The lowest BCUT2D eigenvalue weighted by molar-refractivity contribution is 0.112. The molecular weight excluding hydrogens is 222 g/mol. The van der Waals surface area contributed by atoms with Crippen LogP contribution in [0.3, 0.4) is 0 Å². The quantitative estimate of drug-likeness (QED) is 0.631. The molecule has 0 aliphatic carbocycles. The van der Waals surface area contributed by atoms with Crippen LogP contribution >= 0.6 is 0 Å². The first-order valence-electron chi connectivity index (χ1n) is 5.77. The Kier molecular flexibility index (Phi) is 2.61. The first-order valence-corrected chi connectivity index (χ1v) is 5.77. The van der Waals surface area contributed by atoms with Gasteiger partial charge in [0.2, 0.25) is 0 Å². The van der Waals surface area contributed by atoms with E-state index < -0.39 is 0 Å². The van der Waals surface area contributed by atoms with Gasteiger partial charge in [-0.05, 0) is 22.6 Å². The molecule has 0 aliphatic heterocycles. The number of pyridine rings is 1. The lowest BCUT2D eigenvalue weighted by atomic mass is 9.96. The standard InChI is InChI=1S/C16H11NO/c18-11-13-4-1-2-6-14(13)16-7-3-5-12-10-17-9-8-15(12)16/h1-11H. The average Bonchev–Trinajstić information content (AvgIpc) is 2.46. The van der Waals surface area contributed by atoms with Gasteiger partial charge in [0.25, 0.3) is 0 Å². The van der Waals surface area contributed by atoms with Crippen LogP contribution in [-0.2, 0) is 0 Å². The van der Waals surface area contributed by atoms with Crippen molar-refractivity contribution < 1.29 is 4.79 Å². The summed E-state index contributed by atoms with van der Waals surface area (Å²) in [7, 11) is 0. The molecule has 0 bridgehead atoms. The van der Waals surface area contributed by atoms with Crippen LogP contribution in [0.5, 0.6) is 0 Å². The van der Waals surface area contributed by atoms with Crippen LogP contribution in [0.2, 0.25) is 0 Å². The van der Waals surface area contributed by atoms with Gasteiger partial charge >= 0.3 is 0 Å². The molecule has 18 heavy (non-hydrogen) atoms. The minimum atomic E-state index is 0.710. The Labute approximate surface area is 105 Å². The molecule has 2 aromatic carbocycles. The molecule has 0 fully saturated rings. The maximum Gasteiger partial charge on any atom is 0.150 e. The maximum absolute atomic E-state index is 11.1. The molecule has 0 unspecified atom stereocenters. The van der Waals surface area contributed by atoms with Crippen molar-refractivity contribution in [2.75, 3.05) is 0 Å². The molecule has 0 radical (unpaired) electrons. The highest BCUT2D eigenvalue weighted by molar-refractivity contribution is 6.00. The van der Waals surface area contributed by atoms with Gasteiger partial charge in [-0.3, -0.25) is 9.78 Å². The van der Waals surface area contributed by atoms with Crippen LogP contribution < -0.4 is 0 Å². The number of aldehydes is 1. The number of benzene rings is 2. The molecule has 3 rings (SSSR count). The molecule has 0 spiro atoms. The highest BCUT2D eigenvalue weighted by Gasteiger charge is 2.07. The van der Waals surface area contributed by atoms with E-state index in [2.05, 4.69) is 4.98 Å². The topological polar surface area (TPSA) is 30.0 Å². The van der Waals surface area contributed by atoms with E-state index in [-0.39, 0.29) is 0 Å². The van der Waals surface area contributed by atoms with E-state index in [9.17, 15) is 4.79 Å². The van der Waals surface area contributed by atoms with Crippen molar-refractivity contribution in [2.24, 2.45) is 0 Å². The number of rotatable bonds is 2. The molecule has 0 saturated heterocycles. The van der Waals surface area contributed by atoms with E-state index in [0.29, 0.717) is 5.56 Å². The molecule has 0 atom stereocenters. The molecule has 86 valence electrons. The summed E-state index contributed by atoms with van der Waals surface area (Å²) >= 11 is 0. The third-order valence-electron chi connectivity index (χ3n) is 3.06. The van der Waals surface area contributed by atoms with Crippen LogP contribution in [0, 0.1) is 0 Å². The Balaban J connectivity index is 2.35. The minimum Gasteiger partial charge on any atom is -0.298 e. The smallest absolute Gasteiger partial charge is 0.150 e. The lowest BCUT2D eigenvalue weighted by Crippen LogP contribution is -1.88. The zero-order chi connectivity index (χ0) is 12.4. The fourth-order valence-electron chi connectivity index (χ4n) is 2.20. The van der Waals surface area contributed by atoms with E-state index in [1.165, 1.54) is 0 Å². The van der Waals surface area contributed by atoms with Crippen molar-refractivity contribution in [3.63, 3.8) is 0 Å². The molecule has 2 heteroatoms. The number of carbonyl (C=O) groups is 1. The fourth-order valence-corrected chi connectivity index (χ4v) is 2.20. The molecule has 3 aromatic rings. The molecule has 0 N–H and O–H groups in total. The van der Waals surface area contributed by atoms with Gasteiger partial charge in [0.05, 0.1) is 0 Å². The van der Waals surface area contributed by atoms with E-state index in [1.54, 1.807) is 6.20 Å². The third-order valence-corrected chi connectivity index (χ3v) is 3.06. The summed E-state index contributed by atoms with van der Waals surface area (Å²) < 4.78 is 0. The second-order valence-corrected chi connectivity index (χ2v) is 4.11. The van der Waals surface area contributed by atoms with Crippen molar-refractivity contribution in [2.45, 2.75) is 0 Å². The van der Waals surface area contributed by atoms with Gasteiger partial charge in [-0.2, -0.15) is 0 Å². The summed E-state index contributed by atoms with van der Waals surface area (Å²) in [5.74, 6) is 0. The summed E-state index contributed by atoms with van der Waals surface area (Å²) in [6, 6.07) is 15.6. The van der Waals surface area contributed by atoms with Crippen molar-refractivity contribution in [1.82, 2.24) is 4.98 Å². The largest absolute Gasteiger partial charge is 0.298 e. The number of hydrogen-bond donors (Lipinski definition) is 0. The van der Waals surface area contributed by atoms with Gasteiger partial charge in [0.15, 0.2) is 6.29 Å². The molecular formula is C16H11NO. The van der Waals surface area contributed by atoms with Crippen LogP contribution in [0.4, 0.5) is 0 Å². The van der Waals surface area contributed by atoms with E-state index >= 15 is 0 Å². The number of carbonyl (C=O) groups excluding carboxylic acids is 1. The van der Waals surface area contributed by atoms with Crippen molar-refractivity contribution in [3.8, 4) is 11.1 Å². The van der Waals surface area contributed by atoms with Crippen molar-refractivity contribution in [1.29, 1.82) is 0 Å². The minimum absolute atomic E-state index is 0.710. The van der Waals surface area contributed by atoms with Gasteiger partial charge in [0, 0.05) is 23.3 Å². The molecule has 0 saturated carbocycles. The number of fused-ring (bicyclic) bond motifs is 1. The SMILES string of the molecule is O=Cc1ccccc1-c1cccc2cnccc12. The van der Waals surface area contributed by atoms with E-state index in [1.807, 2.05) is 54.7 Å². The summed E-state index contributed by atoms with van der Waals surface area (Å²) in [4.78, 5) is 15.2. The fraction of sp³-hybridized carbons (Fsp3) is 0. The Morgan fingerprint density at radius 3 is 2.61 bits per heavy atom. The Morgan fingerprint density at radius 2 is 1.72 bits per heavy atom. The second-order valence-electron chi connectivity index (χ2n) is 4.11. The predicted molar refractivity (Wildman–Crippen MR) is 72.6 cm³/mol. The summed E-state index contributed by atoms with van der Waals surface area (Å²) in [6.07, 6.45) is 4.51. The average molecular weight is 233 g/mol. The predicted octanol–water partition coefficient (Wildman–Crippen LogP) is 3.71. The molecule has 2 nitrogen and oxygen atoms in total. The van der Waals surface area contributed by atoms with E-state index in [0.717, 1.165) is 28.2 Å².